The zero-order valence-corrected chi connectivity index (χ0v) is 20.0. The van der Waals surface area contributed by atoms with Gasteiger partial charge in [-0.2, -0.15) is 0 Å². The summed E-state index contributed by atoms with van der Waals surface area (Å²) in [5.74, 6) is -0.0211. The van der Waals surface area contributed by atoms with Crippen molar-refractivity contribution in [1.82, 2.24) is 14.9 Å². The van der Waals surface area contributed by atoms with Crippen molar-refractivity contribution < 1.29 is 4.79 Å². The molecule has 0 fully saturated rings. The molecule has 0 radical (unpaired) electrons. The minimum absolute atomic E-state index is 0. The predicted octanol–water partition coefficient (Wildman–Crippen LogP) is 5.69. The van der Waals surface area contributed by atoms with Crippen LogP contribution in [-0.2, 0) is 0 Å². The highest BCUT2D eigenvalue weighted by atomic mass is 79.9. The number of carbonyl (C=O) groups excluding carboxylic acids is 1. The summed E-state index contributed by atoms with van der Waals surface area (Å²) in [5, 5.41) is 0.737. The molecule has 0 spiro atoms. The van der Waals surface area contributed by atoms with E-state index >= 15 is 0 Å². The molecule has 0 unspecified atom stereocenters. The number of hydrogen-bond donors (Lipinski definition) is 0. The molecule has 5 nitrogen and oxygen atoms in total. The van der Waals surface area contributed by atoms with Gasteiger partial charge in [0.25, 0.3) is 5.91 Å². The van der Waals surface area contributed by atoms with Crippen LogP contribution < -0.4 is 4.90 Å². The zero-order chi connectivity index (χ0) is 19.7. The van der Waals surface area contributed by atoms with Gasteiger partial charge in [-0.1, -0.05) is 27.3 Å². The third-order valence-electron chi connectivity index (χ3n) is 4.38. The molecule has 0 saturated heterocycles. The fourth-order valence-corrected chi connectivity index (χ4v) is 5.23. The summed E-state index contributed by atoms with van der Waals surface area (Å²) < 4.78 is 3.09. The van der Waals surface area contributed by atoms with E-state index in [2.05, 4.69) is 25.8 Å². The molecule has 9 heteroatoms. The van der Waals surface area contributed by atoms with Gasteiger partial charge in [0.15, 0.2) is 5.13 Å². The molecule has 0 aliphatic rings. The van der Waals surface area contributed by atoms with Gasteiger partial charge in [-0.3, -0.25) is 9.69 Å². The highest BCUT2D eigenvalue weighted by molar-refractivity contribution is 9.10. The van der Waals surface area contributed by atoms with Crippen LogP contribution in [0.15, 0.2) is 46.4 Å². The first-order valence-corrected chi connectivity index (χ1v) is 11.4. The molecule has 1 amide bonds. The molecule has 2 aromatic carbocycles. The number of thiazole rings is 2. The van der Waals surface area contributed by atoms with Gasteiger partial charge in [-0.05, 0) is 63.5 Å². The lowest BCUT2D eigenvalue weighted by atomic mass is 10.2. The Morgan fingerprint density at radius 1 is 1.07 bits per heavy atom. The normalized spacial score (nSPS) is 11.2. The summed E-state index contributed by atoms with van der Waals surface area (Å²) in [6.07, 6.45) is 0.876. The molecular weight excluding hydrogens is 492 g/mol. The Morgan fingerprint density at radius 3 is 2.66 bits per heavy atom. The number of halogens is 2. The van der Waals surface area contributed by atoms with Crippen molar-refractivity contribution in [2.45, 2.75) is 6.42 Å². The Labute approximate surface area is 191 Å². The van der Waals surface area contributed by atoms with Crippen LogP contribution in [-0.4, -0.2) is 48.0 Å². The number of nitrogens with zero attached hydrogens (tertiary/aromatic N) is 4. The first kappa shape index (κ1) is 22.1. The monoisotopic (exact) mass is 510 g/mol. The molecule has 0 atom stereocenters. The van der Waals surface area contributed by atoms with E-state index in [4.69, 9.17) is 4.98 Å². The third-order valence-corrected chi connectivity index (χ3v) is 6.71. The molecule has 0 bridgehead atoms. The second-order valence-electron chi connectivity index (χ2n) is 6.76. The fourth-order valence-electron chi connectivity index (χ4n) is 2.97. The van der Waals surface area contributed by atoms with Crippen molar-refractivity contribution in [2.75, 3.05) is 32.1 Å². The number of rotatable bonds is 6. The van der Waals surface area contributed by atoms with E-state index in [9.17, 15) is 4.79 Å². The largest absolute Gasteiger partial charge is 0.309 e. The predicted molar refractivity (Wildman–Crippen MR) is 129 cm³/mol. The topological polar surface area (TPSA) is 49.3 Å². The highest BCUT2D eigenvalue weighted by Gasteiger charge is 2.21. The van der Waals surface area contributed by atoms with Gasteiger partial charge in [0.2, 0.25) is 0 Å². The highest BCUT2D eigenvalue weighted by Crippen LogP contribution is 2.32. The van der Waals surface area contributed by atoms with E-state index in [1.807, 2.05) is 55.4 Å². The smallest absolute Gasteiger partial charge is 0.260 e. The number of anilines is 1. The maximum absolute atomic E-state index is 13.4. The van der Waals surface area contributed by atoms with Crippen LogP contribution >= 0.6 is 51.0 Å². The van der Waals surface area contributed by atoms with E-state index in [0.29, 0.717) is 12.1 Å². The Bertz CT molecular complexity index is 1140. The van der Waals surface area contributed by atoms with Crippen molar-refractivity contribution in [3.63, 3.8) is 0 Å². The first-order valence-electron chi connectivity index (χ1n) is 8.87. The summed E-state index contributed by atoms with van der Waals surface area (Å²) in [6, 6.07) is 11.7. The van der Waals surface area contributed by atoms with Crippen LogP contribution in [0.3, 0.4) is 0 Å². The lowest BCUT2D eigenvalue weighted by Crippen LogP contribution is -2.33. The Balaban J connectivity index is 0.00000240. The minimum Gasteiger partial charge on any atom is -0.309 e. The SMILES string of the molecule is CN(C)CCCN(C(=O)c1ccc2ncsc2c1)c1nc2ccc(Br)cc2s1.Cl. The molecule has 152 valence electrons. The standard InChI is InChI=1S/C20H19BrN4OS2.ClH/c1-24(2)8-3-9-25(20-23-16-7-5-14(21)11-18(16)28-20)19(26)13-4-6-15-17(10-13)27-12-22-15;/h4-7,10-12H,3,8-9H2,1-2H3;1H. The van der Waals surface area contributed by atoms with Gasteiger partial charge in [-0.15, -0.1) is 23.7 Å². The molecular formula is C20H20BrClN4OS2. The van der Waals surface area contributed by atoms with Crippen molar-refractivity contribution in [1.29, 1.82) is 0 Å². The average Bonchev–Trinajstić information content (AvgIpc) is 3.29. The van der Waals surface area contributed by atoms with Crippen molar-refractivity contribution in [3.8, 4) is 0 Å². The quantitative estimate of drug-likeness (QED) is 0.334. The maximum Gasteiger partial charge on any atom is 0.260 e. The molecule has 4 aromatic rings. The van der Waals surface area contributed by atoms with E-state index in [0.717, 1.165) is 43.0 Å². The van der Waals surface area contributed by atoms with Crippen molar-refractivity contribution >= 4 is 82.5 Å². The number of amides is 1. The molecule has 2 aromatic heterocycles. The summed E-state index contributed by atoms with van der Waals surface area (Å²) >= 11 is 6.60. The van der Waals surface area contributed by atoms with Gasteiger partial charge in [0.05, 0.1) is 25.9 Å². The molecule has 4 rings (SSSR count). The van der Waals surface area contributed by atoms with Crippen LogP contribution in [0.4, 0.5) is 5.13 Å². The van der Waals surface area contributed by atoms with E-state index in [-0.39, 0.29) is 18.3 Å². The van der Waals surface area contributed by atoms with Crippen molar-refractivity contribution in [2.24, 2.45) is 0 Å². The molecule has 2 heterocycles. The zero-order valence-electron chi connectivity index (χ0n) is 16.0. The van der Waals surface area contributed by atoms with Crippen LogP contribution in [0, 0.1) is 0 Å². The molecule has 0 saturated carbocycles. The van der Waals surface area contributed by atoms with E-state index < -0.39 is 0 Å². The van der Waals surface area contributed by atoms with Crippen LogP contribution in [0.25, 0.3) is 20.4 Å². The average molecular weight is 512 g/mol. The van der Waals surface area contributed by atoms with Crippen LogP contribution in [0.5, 0.6) is 0 Å². The van der Waals surface area contributed by atoms with Crippen LogP contribution in [0.1, 0.15) is 16.8 Å². The Kier molecular flexibility index (Phi) is 7.23. The number of fused-ring (bicyclic) bond motifs is 2. The van der Waals surface area contributed by atoms with Crippen molar-refractivity contribution in [3.05, 3.63) is 51.9 Å². The second-order valence-corrected chi connectivity index (χ2v) is 9.57. The second kappa shape index (κ2) is 9.49. The number of carbonyl (C=O) groups is 1. The van der Waals surface area contributed by atoms with Gasteiger partial charge < -0.3 is 4.90 Å². The van der Waals surface area contributed by atoms with Gasteiger partial charge in [0, 0.05) is 16.6 Å². The molecule has 0 aliphatic carbocycles. The number of benzene rings is 2. The van der Waals surface area contributed by atoms with E-state index in [1.165, 1.54) is 0 Å². The molecule has 0 aliphatic heterocycles. The number of hydrogen-bond acceptors (Lipinski definition) is 6. The third kappa shape index (κ3) is 4.95. The van der Waals surface area contributed by atoms with Gasteiger partial charge >= 0.3 is 0 Å². The summed E-state index contributed by atoms with van der Waals surface area (Å²) in [7, 11) is 4.08. The van der Waals surface area contributed by atoms with Gasteiger partial charge in [0.1, 0.15) is 0 Å². The molecule has 29 heavy (non-hydrogen) atoms. The first-order chi connectivity index (χ1) is 13.5. The Morgan fingerprint density at radius 2 is 1.86 bits per heavy atom. The number of aromatic nitrogens is 2. The fraction of sp³-hybridized carbons (Fsp3) is 0.250. The summed E-state index contributed by atoms with van der Waals surface area (Å²) in [5.41, 5.74) is 4.30. The van der Waals surface area contributed by atoms with Crippen LogP contribution in [0.2, 0.25) is 0 Å². The Hall–Kier alpha value is -1.58. The maximum atomic E-state index is 13.4. The lowest BCUT2D eigenvalue weighted by Gasteiger charge is -2.21. The summed E-state index contributed by atoms with van der Waals surface area (Å²) in [4.78, 5) is 26.4. The van der Waals surface area contributed by atoms with Gasteiger partial charge in [-0.25, -0.2) is 9.97 Å². The minimum atomic E-state index is -0.0211. The summed E-state index contributed by atoms with van der Waals surface area (Å²) in [6.45, 7) is 1.53. The molecule has 0 N–H and O–H groups in total. The van der Waals surface area contributed by atoms with E-state index in [1.54, 1.807) is 28.2 Å². The lowest BCUT2D eigenvalue weighted by molar-refractivity contribution is 0.0986.